The first-order valence-electron chi connectivity index (χ1n) is 8.36. The number of likely N-dealkylation sites (tertiary alicyclic amines) is 1. The molecular weight excluding hydrogens is 338 g/mol. The second-order valence-electron chi connectivity index (χ2n) is 6.03. The van der Waals surface area contributed by atoms with Crippen molar-refractivity contribution >= 4 is 29.6 Å². The Hall–Kier alpha value is -3.10. The summed E-state index contributed by atoms with van der Waals surface area (Å²) in [5.74, 6) is -2.54. The predicted octanol–water partition coefficient (Wildman–Crippen LogP) is 0.746. The van der Waals surface area contributed by atoms with Crippen LogP contribution in [0.1, 0.15) is 25.3 Å². The van der Waals surface area contributed by atoms with Crippen molar-refractivity contribution in [3.05, 3.63) is 29.8 Å². The highest BCUT2D eigenvalue weighted by Gasteiger charge is 2.54. The smallest absolute Gasteiger partial charge is 0.329 e. The van der Waals surface area contributed by atoms with E-state index >= 15 is 0 Å². The van der Waals surface area contributed by atoms with Crippen molar-refractivity contribution in [3.63, 3.8) is 0 Å². The van der Waals surface area contributed by atoms with Gasteiger partial charge in [-0.15, -0.1) is 0 Å². The summed E-state index contributed by atoms with van der Waals surface area (Å²) in [6.07, 6.45) is 1.54. The van der Waals surface area contributed by atoms with Crippen LogP contribution in [0.4, 0.5) is 10.5 Å². The zero-order valence-corrected chi connectivity index (χ0v) is 14.5. The number of carbonyl (C=O) groups excluding carboxylic acids is 2. The molecule has 2 rings (SSSR count). The molecule has 1 heterocycles. The summed E-state index contributed by atoms with van der Waals surface area (Å²) in [6, 6.07) is 5.24. The monoisotopic (exact) mass is 361 g/mol. The SMILES string of the molecule is CCc1cccc(NC(=O)N2C(=O)[C@H](CCCN=C(N)N)[C@H]2C(=O)O)c1. The number of hydrogen-bond donors (Lipinski definition) is 4. The van der Waals surface area contributed by atoms with Gasteiger partial charge in [0.05, 0.1) is 5.92 Å². The van der Waals surface area contributed by atoms with E-state index in [1.54, 1.807) is 18.2 Å². The van der Waals surface area contributed by atoms with E-state index in [9.17, 15) is 19.5 Å². The number of urea groups is 1. The van der Waals surface area contributed by atoms with E-state index in [-0.39, 0.29) is 5.96 Å². The zero-order chi connectivity index (χ0) is 19.3. The molecule has 0 aliphatic carbocycles. The minimum Gasteiger partial charge on any atom is -0.480 e. The minimum atomic E-state index is -1.21. The number of aliphatic carboxylic acids is 1. The lowest BCUT2D eigenvalue weighted by Crippen LogP contribution is -2.67. The van der Waals surface area contributed by atoms with E-state index in [1.165, 1.54) is 0 Å². The number of guanidine groups is 1. The number of anilines is 1. The van der Waals surface area contributed by atoms with Crippen LogP contribution in [0.2, 0.25) is 0 Å². The summed E-state index contributed by atoms with van der Waals surface area (Å²) >= 11 is 0. The standard InChI is InChI=1S/C17H23N5O4/c1-2-10-5-3-6-11(9-10)21-17(26)22-13(15(24)25)12(14(22)23)7-4-8-20-16(18)19/h3,5-6,9,12-13H,2,4,7-8H2,1H3,(H,21,26)(H,24,25)(H4,18,19,20)/t12-,13+/m1/s1. The number of nitrogens with two attached hydrogens (primary N) is 2. The number of nitrogens with one attached hydrogen (secondary N) is 1. The first kappa shape index (κ1) is 19.2. The highest BCUT2D eigenvalue weighted by Crippen LogP contribution is 2.31. The van der Waals surface area contributed by atoms with Gasteiger partial charge in [-0.3, -0.25) is 9.79 Å². The predicted molar refractivity (Wildman–Crippen MR) is 96.5 cm³/mol. The molecule has 0 bridgehead atoms. The second kappa shape index (κ2) is 8.32. The molecule has 0 aromatic heterocycles. The number of nitrogens with zero attached hydrogens (tertiary/aromatic N) is 2. The number of imide groups is 1. The number of carboxylic acids is 1. The molecule has 1 saturated heterocycles. The van der Waals surface area contributed by atoms with E-state index in [0.29, 0.717) is 25.1 Å². The van der Waals surface area contributed by atoms with E-state index in [2.05, 4.69) is 10.3 Å². The number of carboxylic acid groups (broad SMARTS) is 1. The number of benzene rings is 1. The summed E-state index contributed by atoms with van der Waals surface area (Å²) in [5, 5.41) is 12.0. The third-order valence-corrected chi connectivity index (χ3v) is 4.24. The molecule has 1 fully saturated rings. The molecule has 9 heteroatoms. The molecule has 6 N–H and O–H groups in total. The molecular formula is C17H23N5O4. The molecule has 1 aromatic rings. The van der Waals surface area contributed by atoms with E-state index in [4.69, 9.17) is 11.5 Å². The number of aryl methyl sites for hydroxylation is 1. The lowest BCUT2D eigenvalue weighted by atomic mass is 9.84. The molecule has 2 atom stereocenters. The van der Waals surface area contributed by atoms with Gasteiger partial charge in [-0.2, -0.15) is 0 Å². The average molecular weight is 361 g/mol. The zero-order valence-electron chi connectivity index (χ0n) is 14.5. The Balaban J connectivity index is 2.01. The number of aliphatic imine (C=N–C) groups is 1. The molecule has 3 amide bonds. The summed E-state index contributed by atoms with van der Waals surface area (Å²) in [5.41, 5.74) is 12.0. The molecule has 0 radical (unpaired) electrons. The van der Waals surface area contributed by atoms with Crippen LogP contribution >= 0.6 is 0 Å². The maximum atomic E-state index is 12.4. The highest BCUT2D eigenvalue weighted by molar-refractivity contribution is 6.11. The van der Waals surface area contributed by atoms with Crippen molar-refractivity contribution in [1.82, 2.24) is 4.90 Å². The molecule has 9 nitrogen and oxygen atoms in total. The highest BCUT2D eigenvalue weighted by atomic mass is 16.4. The van der Waals surface area contributed by atoms with Crippen molar-refractivity contribution in [2.75, 3.05) is 11.9 Å². The Morgan fingerprint density at radius 2 is 2.08 bits per heavy atom. The molecule has 1 aliphatic heterocycles. The van der Waals surface area contributed by atoms with Crippen LogP contribution in [-0.2, 0) is 16.0 Å². The van der Waals surface area contributed by atoms with Crippen molar-refractivity contribution in [1.29, 1.82) is 0 Å². The normalized spacial score (nSPS) is 18.8. The molecule has 1 aliphatic rings. The topological polar surface area (TPSA) is 151 Å². The van der Waals surface area contributed by atoms with E-state index < -0.39 is 29.9 Å². The van der Waals surface area contributed by atoms with Crippen LogP contribution < -0.4 is 16.8 Å². The van der Waals surface area contributed by atoms with Crippen molar-refractivity contribution < 1.29 is 19.5 Å². The lowest BCUT2D eigenvalue weighted by molar-refractivity contribution is -0.165. The fourth-order valence-corrected chi connectivity index (χ4v) is 2.91. The van der Waals surface area contributed by atoms with Gasteiger partial charge in [-0.1, -0.05) is 19.1 Å². The number of carbonyl (C=O) groups is 3. The van der Waals surface area contributed by atoms with Gasteiger partial charge in [-0.05, 0) is 37.0 Å². The molecule has 140 valence electrons. The van der Waals surface area contributed by atoms with Gasteiger partial charge in [0.15, 0.2) is 12.0 Å². The van der Waals surface area contributed by atoms with Crippen LogP contribution in [0.25, 0.3) is 0 Å². The van der Waals surface area contributed by atoms with Gasteiger partial charge < -0.3 is 21.9 Å². The Labute approximate surface area is 151 Å². The minimum absolute atomic E-state index is 0.0602. The fraction of sp³-hybridized carbons (Fsp3) is 0.412. The van der Waals surface area contributed by atoms with Gasteiger partial charge in [0, 0.05) is 12.2 Å². The van der Waals surface area contributed by atoms with Gasteiger partial charge in [0.2, 0.25) is 5.91 Å². The van der Waals surface area contributed by atoms with E-state index in [1.807, 2.05) is 13.0 Å². The van der Waals surface area contributed by atoms with Gasteiger partial charge >= 0.3 is 12.0 Å². The number of rotatable bonds is 7. The Kier molecular flexibility index (Phi) is 6.16. The van der Waals surface area contributed by atoms with Crippen molar-refractivity contribution in [2.24, 2.45) is 22.4 Å². The third-order valence-electron chi connectivity index (χ3n) is 4.24. The fourth-order valence-electron chi connectivity index (χ4n) is 2.91. The lowest BCUT2D eigenvalue weighted by Gasteiger charge is -2.42. The summed E-state index contributed by atoms with van der Waals surface area (Å²) in [7, 11) is 0. The molecule has 1 aromatic carbocycles. The summed E-state index contributed by atoms with van der Waals surface area (Å²) in [4.78, 5) is 40.7. The largest absolute Gasteiger partial charge is 0.480 e. The Bertz CT molecular complexity index is 730. The molecule has 0 unspecified atom stereocenters. The van der Waals surface area contributed by atoms with E-state index in [0.717, 1.165) is 16.9 Å². The summed E-state index contributed by atoms with van der Waals surface area (Å²) < 4.78 is 0. The first-order valence-corrected chi connectivity index (χ1v) is 8.36. The van der Waals surface area contributed by atoms with Gasteiger partial charge in [-0.25, -0.2) is 14.5 Å². The van der Waals surface area contributed by atoms with Crippen LogP contribution in [-0.4, -0.2) is 46.5 Å². The quantitative estimate of drug-likeness (QED) is 0.243. The number of hydrogen-bond acceptors (Lipinski definition) is 4. The Morgan fingerprint density at radius 3 is 2.69 bits per heavy atom. The molecule has 0 spiro atoms. The van der Waals surface area contributed by atoms with Crippen molar-refractivity contribution in [2.45, 2.75) is 32.2 Å². The van der Waals surface area contributed by atoms with Crippen molar-refractivity contribution in [3.8, 4) is 0 Å². The van der Waals surface area contributed by atoms with Crippen LogP contribution in [0.15, 0.2) is 29.3 Å². The van der Waals surface area contributed by atoms with Crippen LogP contribution in [0, 0.1) is 5.92 Å². The van der Waals surface area contributed by atoms with Crippen LogP contribution in [0.5, 0.6) is 0 Å². The average Bonchev–Trinajstić information content (AvgIpc) is 2.58. The number of amides is 3. The first-order chi connectivity index (χ1) is 12.3. The third kappa shape index (κ3) is 4.29. The molecule has 26 heavy (non-hydrogen) atoms. The Morgan fingerprint density at radius 1 is 1.35 bits per heavy atom. The number of β-lactam (4-membered cyclic amide) rings is 1. The van der Waals surface area contributed by atoms with Gasteiger partial charge in [0.1, 0.15) is 0 Å². The summed E-state index contributed by atoms with van der Waals surface area (Å²) in [6.45, 7) is 2.28. The maximum absolute atomic E-state index is 12.4. The maximum Gasteiger partial charge on any atom is 0.329 e. The van der Waals surface area contributed by atoms with Crippen LogP contribution in [0.3, 0.4) is 0 Å². The van der Waals surface area contributed by atoms with Gasteiger partial charge in [0.25, 0.3) is 0 Å². The molecule has 0 saturated carbocycles. The second-order valence-corrected chi connectivity index (χ2v) is 6.03.